The molecule has 2 aromatic rings. The van der Waals surface area contributed by atoms with Gasteiger partial charge in [0.15, 0.2) is 0 Å². The number of amides is 2. The summed E-state index contributed by atoms with van der Waals surface area (Å²) in [6.45, 7) is -0.330. The van der Waals surface area contributed by atoms with Gasteiger partial charge in [0.2, 0.25) is 0 Å². The van der Waals surface area contributed by atoms with Crippen LogP contribution in [-0.4, -0.2) is 32.7 Å². The summed E-state index contributed by atoms with van der Waals surface area (Å²) >= 11 is 0. The highest BCUT2D eigenvalue weighted by molar-refractivity contribution is 6.34. The number of hydrogen-bond donors (Lipinski definition) is 1. The lowest BCUT2D eigenvalue weighted by molar-refractivity contribution is -0.137. The van der Waals surface area contributed by atoms with Crippen molar-refractivity contribution in [3.63, 3.8) is 0 Å². The molecular formula is C13H9N3O4. The summed E-state index contributed by atoms with van der Waals surface area (Å²) in [5.41, 5.74) is 0.935. The standard InChI is InChI=1S/C13H9N3O4/c17-11(18)7-15-6-8(5-14-15)16-12(19)9-3-1-2-4-10(9)13(16)20/h1-6H,7H2,(H,17,18). The van der Waals surface area contributed by atoms with Crippen molar-refractivity contribution in [2.45, 2.75) is 6.54 Å². The molecule has 0 bridgehead atoms. The third kappa shape index (κ3) is 1.76. The van der Waals surface area contributed by atoms with Crippen LogP contribution in [0.2, 0.25) is 0 Å². The second-order valence-electron chi connectivity index (χ2n) is 4.28. The number of carbonyl (C=O) groups is 3. The second-order valence-corrected chi connectivity index (χ2v) is 4.28. The molecule has 7 nitrogen and oxygen atoms in total. The first kappa shape index (κ1) is 12.1. The van der Waals surface area contributed by atoms with Crippen LogP contribution in [0.5, 0.6) is 0 Å². The van der Waals surface area contributed by atoms with Crippen molar-refractivity contribution < 1.29 is 19.5 Å². The van der Waals surface area contributed by atoms with E-state index in [4.69, 9.17) is 5.11 Å². The van der Waals surface area contributed by atoms with Crippen LogP contribution in [-0.2, 0) is 11.3 Å². The second kappa shape index (κ2) is 4.30. The normalized spacial score (nSPS) is 13.7. The van der Waals surface area contributed by atoms with Crippen molar-refractivity contribution in [3.8, 4) is 0 Å². The maximum atomic E-state index is 12.2. The zero-order valence-electron chi connectivity index (χ0n) is 10.2. The molecule has 0 unspecified atom stereocenters. The molecule has 7 heteroatoms. The fourth-order valence-corrected chi connectivity index (χ4v) is 2.12. The number of anilines is 1. The number of aliphatic carboxylic acids is 1. The largest absolute Gasteiger partial charge is 0.480 e. The highest BCUT2D eigenvalue weighted by Crippen LogP contribution is 2.27. The predicted octanol–water partition coefficient (Wildman–Crippen LogP) is 0.768. The van der Waals surface area contributed by atoms with E-state index in [-0.39, 0.29) is 12.2 Å². The van der Waals surface area contributed by atoms with Gasteiger partial charge in [0.1, 0.15) is 6.54 Å². The summed E-state index contributed by atoms with van der Waals surface area (Å²) in [5, 5.41) is 12.5. The lowest BCUT2D eigenvalue weighted by Crippen LogP contribution is -2.29. The van der Waals surface area contributed by atoms with Gasteiger partial charge < -0.3 is 5.11 Å². The number of fused-ring (bicyclic) bond motifs is 1. The molecule has 2 heterocycles. The van der Waals surface area contributed by atoms with E-state index in [1.165, 1.54) is 12.4 Å². The summed E-state index contributed by atoms with van der Waals surface area (Å²) in [5.74, 6) is -1.91. The third-order valence-corrected chi connectivity index (χ3v) is 2.97. The zero-order valence-corrected chi connectivity index (χ0v) is 10.2. The molecule has 0 spiro atoms. The van der Waals surface area contributed by atoms with Gasteiger partial charge in [-0.25, -0.2) is 4.90 Å². The Kier molecular flexibility index (Phi) is 2.60. The molecule has 2 amide bonds. The summed E-state index contributed by atoms with van der Waals surface area (Å²) in [4.78, 5) is 36.0. The number of hydrogen-bond acceptors (Lipinski definition) is 4. The van der Waals surface area contributed by atoms with E-state index < -0.39 is 17.8 Å². The smallest absolute Gasteiger partial charge is 0.325 e. The Morgan fingerprint density at radius 2 is 1.75 bits per heavy atom. The molecule has 0 saturated heterocycles. The molecular weight excluding hydrogens is 262 g/mol. The van der Waals surface area contributed by atoms with Crippen molar-refractivity contribution in [3.05, 3.63) is 47.8 Å². The number of rotatable bonds is 3. The van der Waals surface area contributed by atoms with Gasteiger partial charge >= 0.3 is 5.97 Å². The van der Waals surface area contributed by atoms with Crippen molar-refractivity contribution >= 4 is 23.5 Å². The predicted molar refractivity (Wildman–Crippen MR) is 67.4 cm³/mol. The van der Waals surface area contributed by atoms with Crippen molar-refractivity contribution in [1.29, 1.82) is 0 Å². The van der Waals surface area contributed by atoms with E-state index in [0.717, 1.165) is 9.58 Å². The topological polar surface area (TPSA) is 92.5 Å². The Bertz CT molecular complexity index is 700. The highest BCUT2D eigenvalue weighted by atomic mass is 16.4. The van der Waals surface area contributed by atoms with Crippen LogP contribution < -0.4 is 4.90 Å². The molecule has 1 aromatic heterocycles. The maximum absolute atomic E-state index is 12.2. The van der Waals surface area contributed by atoms with Crippen LogP contribution >= 0.6 is 0 Å². The molecule has 0 atom stereocenters. The number of carboxylic acids is 1. The average Bonchev–Trinajstić information content (AvgIpc) is 2.94. The van der Waals surface area contributed by atoms with Gasteiger partial charge in [0.25, 0.3) is 11.8 Å². The molecule has 1 aliphatic heterocycles. The summed E-state index contributed by atoms with van der Waals surface area (Å²) in [6.07, 6.45) is 2.65. The van der Waals surface area contributed by atoms with Gasteiger partial charge in [0, 0.05) is 6.20 Å². The van der Waals surface area contributed by atoms with Gasteiger partial charge in [-0.2, -0.15) is 5.10 Å². The summed E-state index contributed by atoms with van der Waals surface area (Å²) in [6, 6.07) is 6.53. The lowest BCUT2D eigenvalue weighted by atomic mass is 10.1. The lowest BCUT2D eigenvalue weighted by Gasteiger charge is -2.10. The van der Waals surface area contributed by atoms with Crippen molar-refractivity contribution in [1.82, 2.24) is 9.78 Å². The SMILES string of the molecule is O=C(O)Cn1cc(N2C(=O)c3ccccc3C2=O)cn1. The Morgan fingerprint density at radius 1 is 1.15 bits per heavy atom. The van der Waals surface area contributed by atoms with Gasteiger partial charge in [-0.1, -0.05) is 12.1 Å². The molecule has 3 rings (SSSR count). The molecule has 1 aliphatic rings. The zero-order chi connectivity index (χ0) is 14.3. The van der Waals surface area contributed by atoms with Crippen LogP contribution in [0.25, 0.3) is 0 Å². The van der Waals surface area contributed by atoms with Crippen molar-refractivity contribution in [2.75, 3.05) is 4.90 Å². The Morgan fingerprint density at radius 3 is 2.30 bits per heavy atom. The van der Waals surface area contributed by atoms with E-state index in [1.54, 1.807) is 24.3 Å². The average molecular weight is 271 g/mol. The fraction of sp³-hybridized carbons (Fsp3) is 0.0769. The van der Waals surface area contributed by atoms with Gasteiger partial charge in [-0.3, -0.25) is 19.1 Å². The van der Waals surface area contributed by atoms with Crippen molar-refractivity contribution in [2.24, 2.45) is 0 Å². The minimum Gasteiger partial charge on any atom is -0.480 e. The van der Waals surface area contributed by atoms with Gasteiger partial charge in [0.05, 0.1) is 23.0 Å². The Hall–Kier alpha value is -2.96. The van der Waals surface area contributed by atoms with E-state index >= 15 is 0 Å². The maximum Gasteiger partial charge on any atom is 0.325 e. The van der Waals surface area contributed by atoms with Crippen LogP contribution in [0.15, 0.2) is 36.7 Å². The van der Waals surface area contributed by atoms with Crippen LogP contribution in [0, 0.1) is 0 Å². The monoisotopic (exact) mass is 271 g/mol. The minimum atomic E-state index is -1.05. The molecule has 1 aromatic carbocycles. The van der Waals surface area contributed by atoms with E-state index in [0.29, 0.717) is 11.1 Å². The Balaban J connectivity index is 1.96. The number of carbonyl (C=O) groups excluding carboxylic acids is 2. The van der Waals surface area contributed by atoms with E-state index in [9.17, 15) is 14.4 Å². The molecule has 0 fully saturated rings. The van der Waals surface area contributed by atoms with Crippen LogP contribution in [0.4, 0.5) is 5.69 Å². The first-order valence-corrected chi connectivity index (χ1v) is 5.80. The Labute approximate surface area is 113 Å². The summed E-state index contributed by atoms with van der Waals surface area (Å²) in [7, 11) is 0. The molecule has 0 radical (unpaired) electrons. The molecule has 100 valence electrons. The van der Waals surface area contributed by atoms with Crippen LogP contribution in [0.1, 0.15) is 20.7 Å². The molecule has 0 saturated carbocycles. The number of nitrogens with zero attached hydrogens (tertiary/aromatic N) is 3. The first-order chi connectivity index (χ1) is 9.58. The number of aromatic nitrogens is 2. The number of carboxylic acid groups (broad SMARTS) is 1. The summed E-state index contributed by atoms with van der Waals surface area (Å²) < 4.78 is 1.15. The minimum absolute atomic E-state index is 0.262. The molecule has 20 heavy (non-hydrogen) atoms. The molecule has 0 aliphatic carbocycles. The first-order valence-electron chi connectivity index (χ1n) is 5.80. The van der Waals surface area contributed by atoms with Gasteiger partial charge in [-0.15, -0.1) is 0 Å². The fourth-order valence-electron chi connectivity index (χ4n) is 2.12. The van der Waals surface area contributed by atoms with Crippen LogP contribution in [0.3, 0.4) is 0 Å². The number of imide groups is 1. The third-order valence-electron chi connectivity index (χ3n) is 2.97. The van der Waals surface area contributed by atoms with E-state index in [2.05, 4.69) is 5.10 Å². The quantitative estimate of drug-likeness (QED) is 0.832. The van der Waals surface area contributed by atoms with E-state index in [1.807, 2.05) is 0 Å². The highest BCUT2D eigenvalue weighted by Gasteiger charge is 2.36. The number of benzene rings is 1. The molecule has 1 N–H and O–H groups in total. The van der Waals surface area contributed by atoms with Gasteiger partial charge in [-0.05, 0) is 12.1 Å².